The minimum absolute atomic E-state index is 0.00452. The van der Waals surface area contributed by atoms with E-state index >= 15 is 0 Å². The van der Waals surface area contributed by atoms with Crippen LogP contribution in [0.15, 0.2) is 59.8 Å². The van der Waals surface area contributed by atoms with Crippen LogP contribution in [0.2, 0.25) is 33.2 Å². The van der Waals surface area contributed by atoms with Crippen LogP contribution in [0, 0.1) is 23.2 Å². The number of rotatable bonds is 16. The van der Waals surface area contributed by atoms with Crippen LogP contribution in [0.25, 0.3) is 0 Å². The van der Waals surface area contributed by atoms with E-state index in [0.717, 1.165) is 12.8 Å². The Labute approximate surface area is 317 Å². The summed E-state index contributed by atoms with van der Waals surface area (Å²) in [6, 6.07) is 0. The van der Waals surface area contributed by atoms with Crippen LogP contribution in [0.3, 0.4) is 0 Å². The van der Waals surface area contributed by atoms with E-state index in [1.165, 1.54) is 43.3 Å². The topological polar surface area (TPSA) is 55.8 Å². The van der Waals surface area contributed by atoms with Gasteiger partial charge in [0.2, 0.25) is 16.6 Å². The Hall–Kier alpha value is -1.48. The Kier molecular flexibility index (Phi) is 15.7. The summed E-state index contributed by atoms with van der Waals surface area (Å²) in [7, 11) is -4.24. The molecule has 0 amide bonds. The minimum atomic E-state index is -2.14. The van der Waals surface area contributed by atoms with Gasteiger partial charge in [-0.2, -0.15) is 0 Å². The van der Waals surface area contributed by atoms with Gasteiger partial charge in [0.05, 0.1) is 18.6 Å². The van der Waals surface area contributed by atoms with E-state index in [-0.39, 0.29) is 24.0 Å². The average Bonchev–Trinajstić information content (AvgIpc) is 3.38. The molecule has 3 aliphatic rings. The molecule has 4 nitrogen and oxygen atoms in total. The number of carboxylic acid groups (broad SMARTS) is 1. The van der Waals surface area contributed by atoms with E-state index < -0.39 is 22.6 Å². The molecule has 3 fully saturated rings. The van der Waals surface area contributed by atoms with Gasteiger partial charge in [0, 0.05) is 6.42 Å². The van der Waals surface area contributed by atoms with Gasteiger partial charge >= 0.3 is 5.97 Å². The van der Waals surface area contributed by atoms with E-state index in [4.69, 9.17) is 20.5 Å². The van der Waals surface area contributed by atoms with Crippen molar-refractivity contribution in [2.24, 2.45) is 23.2 Å². The van der Waals surface area contributed by atoms with Crippen molar-refractivity contribution in [2.45, 2.75) is 194 Å². The zero-order valence-electron chi connectivity index (χ0n) is 35.4. The van der Waals surface area contributed by atoms with Gasteiger partial charge in [-0.3, -0.25) is 4.79 Å². The minimum Gasteiger partial charge on any atom is -0.481 e. The van der Waals surface area contributed by atoms with Crippen LogP contribution in [0.4, 0.5) is 0 Å². The molecule has 0 saturated heterocycles. The van der Waals surface area contributed by atoms with E-state index in [9.17, 15) is 4.79 Å². The zero-order valence-corrected chi connectivity index (χ0v) is 37.4. The van der Waals surface area contributed by atoms with Crippen molar-refractivity contribution in [3.8, 4) is 0 Å². The number of hydrogen-bond donors (Lipinski definition) is 1. The molecule has 3 aliphatic carbocycles. The molecule has 51 heavy (non-hydrogen) atoms. The lowest BCUT2D eigenvalue weighted by molar-refractivity contribution is -0.136. The lowest BCUT2D eigenvalue weighted by Crippen LogP contribution is -2.54. The normalized spacial score (nSPS) is 29.1. The van der Waals surface area contributed by atoms with E-state index in [1.807, 2.05) is 6.08 Å². The number of hydrogen-bond acceptors (Lipinski definition) is 3. The molecule has 0 aromatic heterocycles. The van der Waals surface area contributed by atoms with Gasteiger partial charge in [0.25, 0.3) is 0 Å². The number of aliphatic carboxylic acids is 1. The van der Waals surface area contributed by atoms with Crippen molar-refractivity contribution in [1.29, 1.82) is 0 Å². The van der Waals surface area contributed by atoms with Crippen molar-refractivity contribution < 1.29 is 18.8 Å². The fourth-order valence-electron chi connectivity index (χ4n) is 11.8. The molecule has 1 N–H and O–H groups in total. The molecule has 0 spiro atoms. The Morgan fingerprint density at radius 2 is 1.39 bits per heavy atom. The van der Waals surface area contributed by atoms with Gasteiger partial charge in [-0.1, -0.05) is 146 Å². The van der Waals surface area contributed by atoms with Crippen molar-refractivity contribution >= 4 is 22.6 Å². The van der Waals surface area contributed by atoms with Crippen LogP contribution in [0.1, 0.15) is 148 Å². The zero-order chi connectivity index (χ0) is 38.5. The molecule has 0 aromatic rings. The Bertz CT molecular complexity index is 1260. The Morgan fingerprint density at radius 1 is 0.843 bits per heavy atom. The molecule has 0 aliphatic heterocycles. The highest BCUT2D eigenvalue weighted by Crippen LogP contribution is 2.59. The van der Waals surface area contributed by atoms with E-state index in [1.54, 1.807) is 11.6 Å². The summed E-state index contributed by atoms with van der Waals surface area (Å²) in [5, 5.41) is 8.96. The quantitative estimate of drug-likeness (QED) is 0.127. The largest absolute Gasteiger partial charge is 0.481 e. The van der Waals surface area contributed by atoms with Crippen LogP contribution in [-0.2, 0) is 13.6 Å². The SMILES string of the molecule is C=C1/C(=C\C=C2CCC[C@]3(C)[C@@H]([C@H](C)C=CC=CCC(=O)O)CC[C@@H]23)C[C@H](O[Si](C(C)C)(C(C)C)C(C)C)C[C@H]1O[Si](C(C)C)(C(C)C)C(C)C. The molecular weight excluding hydrogens is 661 g/mol. The third-order valence-electron chi connectivity index (χ3n) is 14.0. The highest BCUT2D eigenvalue weighted by molar-refractivity contribution is 6.78. The summed E-state index contributed by atoms with van der Waals surface area (Å²) in [5.74, 6) is 0.908. The summed E-state index contributed by atoms with van der Waals surface area (Å²) in [6.45, 7) is 38.5. The first-order valence-corrected chi connectivity index (χ1v) is 25.0. The van der Waals surface area contributed by atoms with Gasteiger partial charge in [-0.25, -0.2) is 0 Å². The second-order valence-corrected chi connectivity index (χ2v) is 29.6. The molecule has 0 aromatic carbocycles. The highest BCUT2D eigenvalue weighted by atomic mass is 28.4. The monoisotopic (exact) mass is 739 g/mol. The third kappa shape index (κ3) is 9.43. The third-order valence-corrected chi connectivity index (χ3v) is 26.2. The predicted molar refractivity (Wildman–Crippen MR) is 224 cm³/mol. The first-order chi connectivity index (χ1) is 23.7. The van der Waals surface area contributed by atoms with Crippen molar-refractivity contribution in [3.05, 3.63) is 59.8 Å². The van der Waals surface area contributed by atoms with Crippen molar-refractivity contribution in [2.75, 3.05) is 0 Å². The number of fused-ring (bicyclic) bond motifs is 1. The van der Waals surface area contributed by atoms with Crippen LogP contribution in [0.5, 0.6) is 0 Å². The second kappa shape index (κ2) is 18.2. The van der Waals surface area contributed by atoms with Crippen LogP contribution in [-0.4, -0.2) is 39.9 Å². The predicted octanol–water partition coefficient (Wildman–Crippen LogP) is 13.8. The molecule has 0 unspecified atom stereocenters. The lowest BCUT2D eigenvalue weighted by atomic mass is 9.61. The Balaban J connectivity index is 2.00. The van der Waals surface area contributed by atoms with Crippen molar-refractivity contribution in [3.63, 3.8) is 0 Å². The van der Waals surface area contributed by atoms with Crippen LogP contribution < -0.4 is 0 Å². The van der Waals surface area contributed by atoms with Gasteiger partial charge in [-0.05, 0) is 106 Å². The molecule has 6 heteroatoms. The maximum Gasteiger partial charge on any atom is 0.307 e. The maximum absolute atomic E-state index is 10.9. The molecule has 0 radical (unpaired) electrons. The molecule has 0 heterocycles. The summed E-state index contributed by atoms with van der Waals surface area (Å²) in [6.07, 6.45) is 21.2. The van der Waals surface area contributed by atoms with E-state index in [2.05, 4.69) is 121 Å². The molecule has 3 rings (SSSR count). The number of allylic oxidation sites excluding steroid dienone is 6. The van der Waals surface area contributed by atoms with Gasteiger partial charge in [-0.15, -0.1) is 0 Å². The average molecular weight is 739 g/mol. The standard InChI is InChI=1S/C45H78O4Si2/c1-30(2)50(31(3)4,32(5)6)48-40-28-39(37(14)43(29-40)49-51(33(7)8,34(9)10)35(11)12)24-23-38-21-19-27-45(15)41(25-26-42(38)45)36(13)20-17-16-18-22-44(46)47/h16-18,20,23-24,30-36,40-43H,14,19,21-22,25-29H2,1-13,15H3,(H,46,47)/b18-16?,20-17?,38-23?,39-24-/t36-,40+,41-,42+,43-,45-/m1/s1. The number of carbonyl (C=O) groups is 1. The Morgan fingerprint density at radius 3 is 1.92 bits per heavy atom. The van der Waals surface area contributed by atoms with E-state index in [0.29, 0.717) is 51.0 Å². The van der Waals surface area contributed by atoms with Crippen molar-refractivity contribution in [1.82, 2.24) is 0 Å². The number of carboxylic acids is 1. The smallest absolute Gasteiger partial charge is 0.307 e. The van der Waals surface area contributed by atoms with Gasteiger partial charge < -0.3 is 14.0 Å². The summed E-state index contributed by atoms with van der Waals surface area (Å²) in [5.41, 5.74) is 7.61. The first kappa shape index (κ1) is 43.9. The second-order valence-electron chi connectivity index (χ2n) is 18.7. The molecule has 3 saturated carbocycles. The fourth-order valence-corrected chi connectivity index (χ4v) is 22.9. The highest BCUT2D eigenvalue weighted by Gasteiger charge is 2.52. The summed E-state index contributed by atoms with van der Waals surface area (Å²) in [4.78, 5) is 10.9. The summed E-state index contributed by atoms with van der Waals surface area (Å²) >= 11 is 0. The molecule has 0 bridgehead atoms. The lowest BCUT2D eigenvalue weighted by Gasteiger charge is -2.49. The molecule has 6 atom stereocenters. The molecule has 290 valence electrons. The fraction of sp³-hybridized carbons (Fsp3) is 0.756. The summed E-state index contributed by atoms with van der Waals surface area (Å²) < 4.78 is 15.2. The van der Waals surface area contributed by atoms with Gasteiger partial charge in [0.15, 0.2) is 0 Å². The first-order valence-electron chi connectivity index (χ1n) is 20.7. The van der Waals surface area contributed by atoms with Gasteiger partial charge in [0.1, 0.15) is 0 Å². The maximum atomic E-state index is 10.9. The molecular formula is C45H78O4Si2. The van der Waals surface area contributed by atoms with Crippen LogP contribution >= 0.6 is 0 Å².